The Kier molecular flexibility index (Phi) is 7.95. The van der Waals surface area contributed by atoms with Gasteiger partial charge in [-0.1, -0.05) is 40.5 Å². The molecular weight excluding hydrogens is 208 g/mol. The lowest BCUT2D eigenvalue weighted by molar-refractivity contribution is 0.241. The fourth-order valence-electron chi connectivity index (χ4n) is 1.44. The van der Waals surface area contributed by atoms with E-state index in [-0.39, 0.29) is 0 Å². The van der Waals surface area contributed by atoms with Crippen molar-refractivity contribution >= 4 is 17.9 Å². The minimum absolute atomic E-state index is 0.367. The molecule has 0 amide bonds. The van der Waals surface area contributed by atoms with Crippen LogP contribution in [0.1, 0.15) is 41.0 Å². The van der Waals surface area contributed by atoms with Crippen molar-refractivity contribution in [2.24, 2.45) is 0 Å². The summed E-state index contributed by atoms with van der Waals surface area (Å²) in [7, 11) is 0. The molecular formula is C11H21BClNO. The van der Waals surface area contributed by atoms with Gasteiger partial charge >= 0.3 is 6.47 Å². The molecule has 0 aromatic rings. The van der Waals surface area contributed by atoms with Gasteiger partial charge in [-0.25, -0.2) is 0 Å². The van der Waals surface area contributed by atoms with Gasteiger partial charge in [0.2, 0.25) is 0 Å². The summed E-state index contributed by atoms with van der Waals surface area (Å²) in [6.07, 6.45) is 0.856. The largest absolute Gasteiger partial charge is 0.494 e. The molecule has 2 nitrogen and oxygen atoms in total. The average molecular weight is 230 g/mol. The van der Waals surface area contributed by atoms with Crippen LogP contribution in [0.5, 0.6) is 0 Å². The zero-order valence-corrected chi connectivity index (χ0v) is 11.1. The molecule has 0 aromatic heterocycles. The fourth-order valence-corrected chi connectivity index (χ4v) is 1.95. The molecule has 0 aliphatic rings. The maximum atomic E-state index is 6.15. The lowest BCUT2D eigenvalue weighted by Gasteiger charge is -2.31. The second kappa shape index (κ2) is 8.04. The van der Waals surface area contributed by atoms with E-state index in [1.165, 1.54) is 0 Å². The fraction of sp³-hybridized carbons (Fsp3) is 0.818. The van der Waals surface area contributed by atoms with E-state index in [2.05, 4.69) is 44.3 Å². The minimum atomic E-state index is -0.392. The van der Waals surface area contributed by atoms with E-state index in [1.807, 2.05) is 6.92 Å². The molecule has 0 aliphatic heterocycles. The molecule has 0 fully saturated rings. The van der Waals surface area contributed by atoms with Crippen LogP contribution in [-0.2, 0) is 4.65 Å². The third kappa shape index (κ3) is 6.09. The lowest BCUT2D eigenvalue weighted by atomic mass is 10.0. The number of nitrogens with zero attached hydrogens (tertiary/aromatic N) is 1. The van der Waals surface area contributed by atoms with Gasteiger partial charge in [-0.15, -0.1) is 17.4 Å². The highest BCUT2D eigenvalue weighted by atomic mass is 35.5. The molecule has 86 valence electrons. The molecule has 0 atom stereocenters. The highest BCUT2D eigenvalue weighted by molar-refractivity contribution is 7.01. The van der Waals surface area contributed by atoms with Crippen LogP contribution in [0.2, 0.25) is 0 Å². The van der Waals surface area contributed by atoms with Gasteiger partial charge in [0.05, 0.1) is 6.61 Å². The zero-order valence-electron chi connectivity index (χ0n) is 10.4. The molecule has 4 heteroatoms. The van der Waals surface area contributed by atoms with Crippen LogP contribution < -0.4 is 0 Å². The lowest BCUT2D eigenvalue weighted by Crippen LogP contribution is -2.47. The summed E-state index contributed by atoms with van der Waals surface area (Å²) < 4.78 is 5.45. The van der Waals surface area contributed by atoms with Gasteiger partial charge in [0.15, 0.2) is 0 Å². The van der Waals surface area contributed by atoms with Gasteiger partial charge < -0.3 is 4.65 Å². The summed E-state index contributed by atoms with van der Waals surface area (Å²) in [5.74, 6) is 5.86. The Morgan fingerprint density at radius 1 is 1.20 bits per heavy atom. The molecule has 0 saturated carbocycles. The van der Waals surface area contributed by atoms with Crippen LogP contribution in [0.4, 0.5) is 0 Å². The first-order valence-electron chi connectivity index (χ1n) is 5.49. The molecule has 15 heavy (non-hydrogen) atoms. The number of hydrogen-bond acceptors (Lipinski definition) is 2. The Hall–Kier alpha value is -0.165. The first-order chi connectivity index (χ1) is 7.00. The monoisotopic (exact) mass is 229 g/mol. The van der Waals surface area contributed by atoms with E-state index in [0.29, 0.717) is 18.7 Å². The molecule has 0 spiro atoms. The topological polar surface area (TPSA) is 12.5 Å². The molecule has 0 rings (SSSR count). The standard InChI is InChI=1S/C11H21BClNO/c1-6-7-8-9-15-12(13)14(10(2)3)11(4)5/h10-11H,6,9H2,1-5H3. The smallest absolute Gasteiger partial charge is 0.397 e. The van der Waals surface area contributed by atoms with Gasteiger partial charge in [-0.2, -0.15) is 0 Å². The van der Waals surface area contributed by atoms with Crippen molar-refractivity contribution in [1.29, 1.82) is 0 Å². The van der Waals surface area contributed by atoms with Gasteiger partial charge in [-0.3, -0.25) is 4.81 Å². The minimum Gasteiger partial charge on any atom is -0.397 e. The maximum absolute atomic E-state index is 6.15. The Morgan fingerprint density at radius 2 is 1.73 bits per heavy atom. The van der Waals surface area contributed by atoms with Crippen molar-refractivity contribution in [3.8, 4) is 11.8 Å². The summed E-state index contributed by atoms with van der Waals surface area (Å²) in [5, 5.41) is 0. The second-order valence-electron chi connectivity index (χ2n) is 3.94. The highest BCUT2D eigenvalue weighted by Crippen LogP contribution is 2.11. The average Bonchev–Trinajstić information content (AvgIpc) is 2.11. The quantitative estimate of drug-likeness (QED) is 0.531. The molecule has 0 heterocycles. The van der Waals surface area contributed by atoms with Crippen molar-refractivity contribution in [1.82, 2.24) is 4.81 Å². The third-order valence-corrected chi connectivity index (χ3v) is 2.37. The molecule has 0 N–H and O–H groups in total. The zero-order chi connectivity index (χ0) is 11.8. The van der Waals surface area contributed by atoms with Crippen LogP contribution in [-0.4, -0.2) is 30.0 Å². The van der Waals surface area contributed by atoms with Crippen LogP contribution in [0, 0.1) is 11.8 Å². The van der Waals surface area contributed by atoms with Gasteiger partial charge in [0, 0.05) is 6.42 Å². The van der Waals surface area contributed by atoms with Crippen LogP contribution in [0.25, 0.3) is 0 Å². The summed E-state index contributed by atoms with van der Waals surface area (Å²) in [4.78, 5) is 2.11. The van der Waals surface area contributed by atoms with Crippen molar-refractivity contribution in [2.45, 2.75) is 53.1 Å². The number of halogens is 1. The van der Waals surface area contributed by atoms with E-state index in [4.69, 9.17) is 16.1 Å². The molecule has 0 saturated heterocycles. The molecule has 0 bridgehead atoms. The Labute approximate surface area is 99.4 Å². The van der Waals surface area contributed by atoms with E-state index in [1.54, 1.807) is 0 Å². The van der Waals surface area contributed by atoms with Gasteiger partial charge in [-0.05, 0) is 12.1 Å². The normalized spacial score (nSPS) is 10.7. The molecule has 0 aliphatic carbocycles. The predicted octanol–water partition coefficient (Wildman–Crippen LogP) is 2.76. The summed E-state index contributed by atoms with van der Waals surface area (Å²) in [6, 6.07) is 0.735. The summed E-state index contributed by atoms with van der Waals surface area (Å²) in [6.45, 7) is 10.5. The molecule has 0 radical (unpaired) electrons. The highest BCUT2D eigenvalue weighted by Gasteiger charge is 2.27. The van der Waals surface area contributed by atoms with E-state index in [0.717, 1.165) is 6.42 Å². The van der Waals surface area contributed by atoms with Crippen molar-refractivity contribution in [3.63, 3.8) is 0 Å². The number of rotatable bonds is 5. The second-order valence-corrected chi connectivity index (χ2v) is 4.32. The maximum Gasteiger partial charge on any atom is 0.494 e. The van der Waals surface area contributed by atoms with Crippen molar-refractivity contribution in [2.75, 3.05) is 6.61 Å². The van der Waals surface area contributed by atoms with Crippen LogP contribution in [0.15, 0.2) is 0 Å². The Morgan fingerprint density at radius 3 is 2.13 bits per heavy atom. The SMILES string of the molecule is CCC#CCOB(Cl)N(C(C)C)C(C)C. The van der Waals surface area contributed by atoms with Gasteiger partial charge in [0.1, 0.15) is 0 Å². The Balaban J connectivity index is 4.09. The first-order valence-corrected chi connectivity index (χ1v) is 5.93. The van der Waals surface area contributed by atoms with Crippen molar-refractivity contribution < 1.29 is 4.65 Å². The molecule has 0 aromatic carbocycles. The predicted molar refractivity (Wildman–Crippen MR) is 67.7 cm³/mol. The first kappa shape index (κ1) is 14.8. The van der Waals surface area contributed by atoms with E-state index >= 15 is 0 Å². The van der Waals surface area contributed by atoms with E-state index in [9.17, 15) is 0 Å². The Bertz CT molecular complexity index is 214. The van der Waals surface area contributed by atoms with Gasteiger partial charge in [0.25, 0.3) is 0 Å². The summed E-state index contributed by atoms with van der Waals surface area (Å²) in [5.41, 5.74) is 0. The third-order valence-electron chi connectivity index (χ3n) is 2.02. The summed E-state index contributed by atoms with van der Waals surface area (Å²) >= 11 is 6.15. The van der Waals surface area contributed by atoms with Crippen molar-refractivity contribution in [3.05, 3.63) is 0 Å². The van der Waals surface area contributed by atoms with E-state index < -0.39 is 6.47 Å². The van der Waals surface area contributed by atoms with Crippen LogP contribution in [0.3, 0.4) is 0 Å². The molecule has 0 unspecified atom stereocenters. The number of hydrogen-bond donors (Lipinski definition) is 0. The van der Waals surface area contributed by atoms with Crippen LogP contribution >= 0.6 is 11.5 Å².